The molecule has 2 aromatic carbocycles. The van der Waals surface area contributed by atoms with Gasteiger partial charge in [-0.25, -0.2) is 0 Å². The molecule has 24 heavy (non-hydrogen) atoms. The lowest BCUT2D eigenvalue weighted by Gasteiger charge is -2.25. The minimum Gasteiger partial charge on any atom is -0.352 e. The standard InChI is InChI=1S/C21H26N2O/c1-15(20(22)17-11-6-3-7-12-17)21(24)23-19-14-8-13-18(19)16-9-4-2-5-10-16/h2-7,9-12,15,18-20H,8,13-14,22H2,1H3,(H,23,24). The van der Waals surface area contributed by atoms with E-state index in [1.54, 1.807) is 0 Å². The van der Waals surface area contributed by atoms with E-state index in [1.165, 1.54) is 5.56 Å². The molecule has 0 aliphatic heterocycles. The third-order valence-electron chi connectivity index (χ3n) is 5.21. The Labute approximate surface area is 144 Å². The lowest BCUT2D eigenvalue weighted by Crippen LogP contribution is -2.42. The van der Waals surface area contributed by atoms with Crippen LogP contribution in [0.3, 0.4) is 0 Å². The van der Waals surface area contributed by atoms with Crippen molar-refractivity contribution in [3.63, 3.8) is 0 Å². The smallest absolute Gasteiger partial charge is 0.224 e. The zero-order valence-corrected chi connectivity index (χ0v) is 14.2. The van der Waals surface area contributed by atoms with Crippen LogP contribution >= 0.6 is 0 Å². The van der Waals surface area contributed by atoms with Gasteiger partial charge in [-0.05, 0) is 24.0 Å². The maximum Gasteiger partial charge on any atom is 0.224 e. The summed E-state index contributed by atoms with van der Waals surface area (Å²) in [6.07, 6.45) is 3.33. The van der Waals surface area contributed by atoms with Gasteiger partial charge >= 0.3 is 0 Å². The van der Waals surface area contributed by atoms with Crippen LogP contribution in [0.25, 0.3) is 0 Å². The van der Waals surface area contributed by atoms with Crippen LogP contribution < -0.4 is 11.1 Å². The van der Waals surface area contributed by atoms with Gasteiger partial charge in [0.25, 0.3) is 0 Å². The molecular formula is C21H26N2O. The Kier molecular flexibility index (Phi) is 5.31. The number of amides is 1. The fourth-order valence-corrected chi connectivity index (χ4v) is 3.67. The highest BCUT2D eigenvalue weighted by Gasteiger charge is 2.32. The van der Waals surface area contributed by atoms with Crippen LogP contribution in [0, 0.1) is 5.92 Å². The first-order chi connectivity index (χ1) is 11.7. The molecule has 126 valence electrons. The SMILES string of the molecule is CC(C(=O)NC1CCCC1c1ccccc1)C(N)c1ccccc1. The molecule has 0 radical (unpaired) electrons. The first kappa shape index (κ1) is 16.7. The summed E-state index contributed by atoms with van der Waals surface area (Å²) in [5, 5.41) is 3.26. The molecule has 0 bridgehead atoms. The Balaban J connectivity index is 1.65. The van der Waals surface area contributed by atoms with Crippen LogP contribution in [0.4, 0.5) is 0 Å². The fourth-order valence-electron chi connectivity index (χ4n) is 3.67. The Hall–Kier alpha value is -2.13. The van der Waals surface area contributed by atoms with Crippen LogP contribution in [0.1, 0.15) is 49.3 Å². The molecule has 1 aliphatic carbocycles. The van der Waals surface area contributed by atoms with E-state index in [1.807, 2.05) is 43.3 Å². The van der Waals surface area contributed by atoms with E-state index in [0.29, 0.717) is 5.92 Å². The van der Waals surface area contributed by atoms with Gasteiger partial charge in [-0.3, -0.25) is 4.79 Å². The van der Waals surface area contributed by atoms with E-state index in [2.05, 4.69) is 29.6 Å². The molecular weight excluding hydrogens is 296 g/mol. The fraction of sp³-hybridized carbons (Fsp3) is 0.381. The average molecular weight is 322 g/mol. The zero-order valence-electron chi connectivity index (χ0n) is 14.2. The minimum absolute atomic E-state index is 0.0548. The lowest BCUT2D eigenvalue weighted by atomic mass is 9.91. The summed E-state index contributed by atoms with van der Waals surface area (Å²) in [7, 11) is 0. The second-order valence-corrected chi connectivity index (χ2v) is 6.79. The van der Waals surface area contributed by atoms with Gasteiger partial charge < -0.3 is 11.1 Å². The molecule has 1 amide bonds. The predicted octanol–water partition coefficient (Wildman–Crippen LogP) is 3.78. The summed E-state index contributed by atoms with van der Waals surface area (Å²) in [5.41, 5.74) is 8.62. The van der Waals surface area contributed by atoms with Gasteiger partial charge in [-0.2, -0.15) is 0 Å². The highest BCUT2D eigenvalue weighted by atomic mass is 16.2. The Bertz CT molecular complexity index is 656. The van der Waals surface area contributed by atoms with Crippen LogP contribution in [-0.2, 0) is 4.79 Å². The van der Waals surface area contributed by atoms with Crippen molar-refractivity contribution in [1.29, 1.82) is 0 Å². The van der Waals surface area contributed by atoms with Gasteiger partial charge in [-0.15, -0.1) is 0 Å². The van der Waals surface area contributed by atoms with Gasteiger partial charge in [-0.1, -0.05) is 74.0 Å². The average Bonchev–Trinajstić information content (AvgIpc) is 3.10. The molecule has 3 N–H and O–H groups in total. The molecule has 0 heterocycles. The van der Waals surface area contributed by atoms with E-state index in [-0.39, 0.29) is 23.9 Å². The molecule has 0 spiro atoms. The van der Waals surface area contributed by atoms with Crippen LogP contribution in [0.2, 0.25) is 0 Å². The molecule has 3 rings (SSSR count). The van der Waals surface area contributed by atoms with Crippen molar-refractivity contribution in [3.8, 4) is 0 Å². The molecule has 1 aliphatic rings. The number of carbonyl (C=O) groups is 1. The molecule has 3 nitrogen and oxygen atoms in total. The third kappa shape index (κ3) is 3.68. The second kappa shape index (κ2) is 7.63. The zero-order chi connectivity index (χ0) is 16.9. The Morgan fingerprint density at radius 2 is 1.67 bits per heavy atom. The maximum absolute atomic E-state index is 12.7. The molecule has 4 unspecified atom stereocenters. The molecule has 0 saturated heterocycles. The molecule has 1 saturated carbocycles. The van der Waals surface area contributed by atoms with Gasteiger partial charge in [0, 0.05) is 18.0 Å². The quantitative estimate of drug-likeness (QED) is 0.880. The van der Waals surface area contributed by atoms with E-state index < -0.39 is 0 Å². The van der Waals surface area contributed by atoms with Crippen molar-refractivity contribution in [2.24, 2.45) is 11.7 Å². The van der Waals surface area contributed by atoms with E-state index in [0.717, 1.165) is 24.8 Å². The molecule has 4 atom stereocenters. The van der Waals surface area contributed by atoms with Crippen molar-refractivity contribution >= 4 is 5.91 Å². The molecule has 1 fully saturated rings. The number of benzene rings is 2. The van der Waals surface area contributed by atoms with Crippen molar-refractivity contribution in [1.82, 2.24) is 5.32 Å². The van der Waals surface area contributed by atoms with Crippen molar-refractivity contribution in [2.45, 2.75) is 44.2 Å². The normalized spacial score (nSPS) is 22.8. The largest absolute Gasteiger partial charge is 0.352 e. The highest BCUT2D eigenvalue weighted by Crippen LogP contribution is 2.35. The molecule has 2 aromatic rings. The summed E-state index contributed by atoms with van der Waals surface area (Å²) in [5.74, 6) is 0.221. The van der Waals surface area contributed by atoms with E-state index >= 15 is 0 Å². The summed E-state index contributed by atoms with van der Waals surface area (Å²) < 4.78 is 0. The van der Waals surface area contributed by atoms with Gasteiger partial charge in [0.05, 0.1) is 5.92 Å². The number of hydrogen-bond acceptors (Lipinski definition) is 2. The minimum atomic E-state index is -0.275. The highest BCUT2D eigenvalue weighted by molar-refractivity contribution is 5.79. The van der Waals surface area contributed by atoms with Crippen molar-refractivity contribution < 1.29 is 4.79 Å². The number of nitrogens with one attached hydrogen (secondary N) is 1. The number of hydrogen-bond donors (Lipinski definition) is 2. The number of nitrogens with two attached hydrogens (primary N) is 1. The summed E-state index contributed by atoms with van der Waals surface area (Å²) >= 11 is 0. The Morgan fingerprint density at radius 1 is 1.04 bits per heavy atom. The van der Waals surface area contributed by atoms with Crippen LogP contribution in [0.5, 0.6) is 0 Å². The molecule has 0 aromatic heterocycles. The molecule has 3 heteroatoms. The van der Waals surface area contributed by atoms with Gasteiger partial charge in [0.1, 0.15) is 0 Å². The van der Waals surface area contributed by atoms with E-state index in [4.69, 9.17) is 5.73 Å². The first-order valence-corrected chi connectivity index (χ1v) is 8.82. The van der Waals surface area contributed by atoms with Gasteiger partial charge in [0.15, 0.2) is 0 Å². The van der Waals surface area contributed by atoms with E-state index in [9.17, 15) is 4.79 Å². The summed E-state index contributed by atoms with van der Waals surface area (Å²) in [6.45, 7) is 1.92. The maximum atomic E-state index is 12.7. The Morgan fingerprint density at radius 3 is 2.33 bits per heavy atom. The predicted molar refractivity (Wildman–Crippen MR) is 97.5 cm³/mol. The monoisotopic (exact) mass is 322 g/mol. The van der Waals surface area contributed by atoms with Crippen LogP contribution in [-0.4, -0.2) is 11.9 Å². The first-order valence-electron chi connectivity index (χ1n) is 8.82. The second-order valence-electron chi connectivity index (χ2n) is 6.79. The third-order valence-corrected chi connectivity index (χ3v) is 5.21. The topological polar surface area (TPSA) is 55.1 Å². The van der Waals surface area contributed by atoms with Crippen molar-refractivity contribution in [2.75, 3.05) is 0 Å². The number of rotatable bonds is 5. The summed E-state index contributed by atoms with van der Waals surface area (Å²) in [6, 6.07) is 20.3. The van der Waals surface area contributed by atoms with Gasteiger partial charge in [0.2, 0.25) is 5.91 Å². The lowest BCUT2D eigenvalue weighted by molar-refractivity contribution is -0.125. The summed E-state index contributed by atoms with van der Waals surface area (Å²) in [4.78, 5) is 12.7. The van der Waals surface area contributed by atoms with Crippen molar-refractivity contribution in [3.05, 3.63) is 71.8 Å². The number of carbonyl (C=O) groups excluding carboxylic acids is 1. The van der Waals surface area contributed by atoms with Crippen LogP contribution in [0.15, 0.2) is 60.7 Å².